The molecule has 0 aliphatic carbocycles. The minimum Gasteiger partial charge on any atom is -0.211 e. The average molecular weight is 257 g/mol. The van der Waals surface area contributed by atoms with Crippen molar-refractivity contribution in [2.45, 2.75) is 20.8 Å². The maximum absolute atomic E-state index is 13.6. The molecule has 1 rings (SSSR count). The second-order valence-corrected chi connectivity index (χ2v) is 5.21. The van der Waals surface area contributed by atoms with Crippen LogP contribution in [0.15, 0.2) is 34.6 Å². The van der Waals surface area contributed by atoms with Gasteiger partial charge in [0.15, 0.2) is 0 Å². The molecule has 0 fully saturated rings. The molecule has 0 amide bonds. The van der Waals surface area contributed by atoms with Gasteiger partial charge in [0.1, 0.15) is 5.83 Å². The maximum Gasteiger partial charge on any atom is 0.106 e. The van der Waals surface area contributed by atoms with Crippen molar-refractivity contribution >= 4 is 22.0 Å². The predicted octanol–water partition coefficient (Wildman–Crippen LogP) is 4.81. The maximum atomic E-state index is 13.6. The lowest BCUT2D eigenvalue weighted by Crippen LogP contribution is -2.04. The van der Waals surface area contributed by atoms with Crippen LogP contribution >= 0.6 is 15.9 Å². The third-order valence-electron chi connectivity index (χ3n) is 1.86. The largest absolute Gasteiger partial charge is 0.211 e. The van der Waals surface area contributed by atoms with Gasteiger partial charge in [-0.1, -0.05) is 48.8 Å². The Labute approximate surface area is 93.0 Å². The van der Waals surface area contributed by atoms with Crippen LogP contribution in [0, 0.1) is 5.41 Å². The van der Waals surface area contributed by atoms with Crippen LogP contribution in [0.4, 0.5) is 4.39 Å². The number of hydrogen-bond donors (Lipinski definition) is 0. The molecule has 0 nitrogen and oxygen atoms in total. The van der Waals surface area contributed by atoms with Crippen LogP contribution in [-0.2, 0) is 0 Å². The number of hydrogen-bond acceptors (Lipinski definition) is 0. The summed E-state index contributed by atoms with van der Waals surface area (Å²) in [5.74, 6) is -0.101. The molecular formula is C12H14BrF. The van der Waals surface area contributed by atoms with E-state index in [1.807, 2.05) is 45.0 Å². The van der Waals surface area contributed by atoms with Crippen LogP contribution in [0.2, 0.25) is 0 Å². The van der Waals surface area contributed by atoms with Crippen LogP contribution in [0.5, 0.6) is 0 Å². The van der Waals surface area contributed by atoms with E-state index in [0.29, 0.717) is 0 Å². The zero-order valence-electron chi connectivity index (χ0n) is 8.64. The molecule has 1 aromatic rings. The van der Waals surface area contributed by atoms with Crippen molar-refractivity contribution in [1.82, 2.24) is 0 Å². The number of rotatable bonds is 1. The summed E-state index contributed by atoms with van der Waals surface area (Å²) in [6, 6.07) is 7.60. The van der Waals surface area contributed by atoms with E-state index in [1.165, 1.54) is 0 Å². The molecule has 0 heterocycles. The van der Waals surface area contributed by atoms with Gasteiger partial charge in [-0.05, 0) is 23.8 Å². The lowest BCUT2D eigenvalue weighted by molar-refractivity contribution is 0.389. The Hall–Kier alpha value is -0.630. The first-order valence-electron chi connectivity index (χ1n) is 4.53. The second-order valence-electron chi connectivity index (χ2n) is 4.30. The summed E-state index contributed by atoms with van der Waals surface area (Å²) in [7, 11) is 0. The van der Waals surface area contributed by atoms with E-state index in [-0.39, 0.29) is 5.83 Å². The second kappa shape index (κ2) is 4.26. The Morgan fingerprint density at radius 1 is 1.36 bits per heavy atom. The van der Waals surface area contributed by atoms with Gasteiger partial charge < -0.3 is 0 Å². The Morgan fingerprint density at radius 2 is 2.00 bits per heavy atom. The van der Waals surface area contributed by atoms with Crippen LogP contribution < -0.4 is 0 Å². The van der Waals surface area contributed by atoms with E-state index in [0.717, 1.165) is 10.0 Å². The Kier molecular flexibility index (Phi) is 3.48. The minimum absolute atomic E-state index is 0.101. The number of halogens is 2. The van der Waals surface area contributed by atoms with Gasteiger partial charge in [0.05, 0.1) is 0 Å². The molecule has 76 valence electrons. The molecule has 0 atom stereocenters. The van der Waals surface area contributed by atoms with Crippen LogP contribution in [0.3, 0.4) is 0 Å². The van der Waals surface area contributed by atoms with Crippen LogP contribution in [-0.4, -0.2) is 0 Å². The molecule has 14 heavy (non-hydrogen) atoms. The third-order valence-corrected chi connectivity index (χ3v) is 2.35. The van der Waals surface area contributed by atoms with Crippen molar-refractivity contribution in [2.75, 3.05) is 0 Å². The molecule has 1 aromatic carbocycles. The molecule has 0 N–H and O–H groups in total. The van der Waals surface area contributed by atoms with Crippen molar-refractivity contribution in [3.63, 3.8) is 0 Å². The van der Waals surface area contributed by atoms with E-state index in [2.05, 4.69) is 15.9 Å². The summed E-state index contributed by atoms with van der Waals surface area (Å²) in [4.78, 5) is 0. The smallest absolute Gasteiger partial charge is 0.106 e. The molecule has 0 saturated carbocycles. The average Bonchev–Trinajstić information content (AvgIpc) is 2.02. The molecule has 0 saturated heterocycles. The minimum atomic E-state index is -0.414. The summed E-state index contributed by atoms with van der Waals surface area (Å²) in [5.41, 5.74) is 0.467. The third kappa shape index (κ3) is 3.26. The monoisotopic (exact) mass is 256 g/mol. The highest BCUT2D eigenvalue weighted by Gasteiger charge is 2.16. The Morgan fingerprint density at radius 3 is 2.50 bits per heavy atom. The SMILES string of the molecule is CC(C)(C)/C(F)=C/c1cccc(Br)c1. The fourth-order valence-corrected chi connectivity index (χ4v) is 1.38. The van der Waals surface area contributed by atoms with Crippen LogP contribution in [0.1, 0.15) is 26.3 Å². The van der Waals surface area contributed by atoms with E-state index in [1.54, 1.807) is 6.08 Å². The summed E-state index contributed by atoms with van der Waals surface area (Å²) in [6.07, 6.45) is 1.57. The summed E-state index contributed by atoms with van der Waals surface area (Å²) >= 11 is 3.35. The van der Waals surface area contributed by atoms with Crippen molar-refractivity contribution in [3.05, 3.63) is 40.1 Å². The van der Waals surface area contributed by atoms with Crippen molar-refractivity contribution in [3.8, 4) is 0 Å². The summed E-state index contributed by atoms with van der Waals surface area (Å²) in [6.45, 7) is 5.57. The molecule has 0 radical (unpaired) electrons. The van der Waals surface area contributed by atoms with Crippen molar-refractivity contribution in [2.24, 2.45) is 5.41 Å². The van der Waals surface area contributed by atoms with Crippen molar-refractivity contribution < 1.29 is 4.39 Å². The van der Waals surface area contributed by atoms with E-state index >= 15 is 0 Å². The molecule has 0 spiro atoms. The normalized spacial score (nSPS) is 13.1. The lowest BCUT2D eigenvalue weighted by atomic mass is 9.93. The van der Waals surface area contributed by atoms with Gasteiger partial charge in [-0.25, -0.2) is 4.39 Å². The van der Waals surface area contributed by atoms with Crippen LogP contribution in [0.25, 0.3) is 6.08 Å². The first kappa shape index (κ1) is 11.4. The molecule has 0 unspecified atom stereocenters. The lowest BCUT2D eigenvalue weighted by Gasteiger charge is -2.15. The number of allylic oxidation sites excluding steroid dienone is 1. The zero-order chi connectivity index (χ0) is 10.8. The van der Waals surface area contributed by atoms with Gasteiger partial charge >= 0.3 is 0 Å². The van der Waals surface area contributed by atoms with Gasteiger partial charge in [-0.2, -0.15) is 0 Å². The highest BCUT2D eigenvalue weighted by molar-refractivity contribution is 9.10. The quantitative estimate of drug-likeness (QED) is 0.677. The van der Waals surface area contributed by atoms with Gasteiger partial charge in [0.2, 0.25) is 0 Å². The van der Waals surface area contributed by atoms with Gasteiger partial charge in [0, 0.05) is 9.89 Å². The fraction of sp³-hybridized carbons (Fsp3) is 0.333. The van der Waals surface area contributed by atoms with Gasteiger partial charge in [0.25, 0.3) is 0 Å². The highest BCUT2D eigenvalue weighted by Crippen LogP contribution is 2.28. The summed E-state index contributed by atoms with van der Waals surface area (Å²) < 4.78 is 14.5. The van der Waals surface area contributed by atoms with E-state index < -0.39 is 5.41 Å². The summed E-state index contributed by atoms with van der Waals surface area (Å²) in [5, 5.41) is 0. The molecule has 0 aliphatic rings. The Bertz CT molecular complexity index is 348. The number of benzene rings is 1. The van der Waals surface area contributed by atoms with Crippen molar-refractivity contribution in [1.29, 1.82) is 0 Å². The fourth-order valence-electron chi connectivity index (χ4n) is 0.959. The van der Waals surface area contributed by atoms with Gasteiger partial charge in [-0.3, -0.25) is 0 Å². The molecule has 2 heteroatoms. The van der Waals surface area contributed by atoms with E-state index in [9.17, 15) is 4.39 Å². The predicted molar refractivity (Wildman–Crippen MR) is 62.7 cm³/mol. The Balaban J connectivity index is 2.98. The zero-order valence-corrected chi connectivity index (χ0v) is 10.2. The molecular weight excluding hydrogens is 243 g/mol. The topological polar surface area (TPSA) is 0 Å². The molecule has 0 aromatic heterocycles. The van der Waals surface area contributed by atoms with E-state index in [4.69, 9.17) is 0 Å². The van der Waals surface area contributed by atoms with Gasteiger partial charge in [-0.15, -0.1) is 0 Å². The highest BCUT2D eigenvalue weighted by atomic mass is 79.9. The first-order valence-corrected chi connectivity index (χ1v) is 5.32. The first-order chi connectivity index (χ1) is 6.39. The molecule has 0 aliphatic heterocycles. The standard InChI is InChI=1S/C12H14BrF/c1-12(2,3)11(14)8-9-5-4-6-10(13)7-9/h4-8H,1-3H3/b11-8-. The molecule has 0 bridgehead atoms.